The molecule has 59 heavy (non-hydrogen) atoms. The van der Waals surface area contributed by atoms with E-state index in [9.17, 15) is 19.5 Å². The van der Waals surface area contributed by atoms with Crippen LogP contribution in [0.4, 0.5) is 5.82 Å². The number of aliphatic carboxylic acids is 1. The number of nitrogens with one attached hydrogen (secondary N) is 3. The molecule has 0 aliphatic heterocycles. The van der Waals surface area contributed by atoms with Crippen molar-refractivity contribution >= 4 is 34.4 Å². The summed E-state index contributed by atoms with van der Waals surface area (Å²) < 4.78 is 33.3. The summed E-state index contributed by atoms with van der Waals surface area (Å²) in [4.78, 5) is 41.2. The SMILES string of the molecule is CC.CCCOCCOCCOCCOCCOc1ccc(-c2ccc(C(CC(=O)O)NC(=O)CNC(=O)CCCCNc3cccc(OC)n3)cc2)c2ccccc12. The van der Waals surface area contributed by atoms with Crippen molar-refractivity contribution in [3.8, 4) is 22.8 Å². The van der Waals surface area contributed by atoms with Crippen molar-refractivity contribution in [2.24, 2.45) is 0 Å². The molecule has 0 radical (unpaired) electrons. The molecular formula is C45H62N4O10. The number of carbonyl (C=O) groups is 3. The maximum absolute atomic E-state index is 12.8. The number of carboxylic acids is 1. The smallest absolute Gasteiger partial charge is 0.305 e. The summed E-state index contributed by atoms with van der Waals surface area (Å²) in [6.07, 6.45) is 2.27. The van der Waals surface area contributed by atoms with Gasteiger partial charge in [-0.15, -0.1) is 0 Å². The number of benzene rings is 3. The van der Waals surface area contributed by atoms with Gasteiger partial charge in [0.15, 0.2) is 0 Å². The second-order valence-electron chi connectivity index (χ2n) is 13.0. The summed E-state index contributed by atoms with van der Waals surface area (Å²) in [5.41, 5.74) is 2.53. The first kappa shape index (κ1) is 48.1. The molecule has 1 unspecified atom stereocenters. The van der Waals surface area contributed by atoms with Gasteiger partial charge >= 0.3 is 5.97 Å². The number of anilines is 1. The maximum atomic E-state index is 12.8. The monoisotopic (exact) mass is 818 g/mol. The minimum atomic E-state index is -1.06. The fourth-order valence-corrected chi connectivity index (χ4v) is 5.85. The Balaban J connectivity index is 0.00000458. The van der Waals surface area contributed by atoms with Crippen molar-refractivity contribution in [3.05, 3.63) is 84.4 Å². The van der Waals surface area contributed by atoms with Crippen LogP contribution in [0, 0.1) is 0 Å². The summed E-state index contributed by atoms with van der Waals surface area (Å²) in [5.74, 6) is 0.144. The van der Waals surface area contributed by atoms with Gasteiger partial charge in [-0.2, -0.15) is 4.98 Å². The molecule has 322 valence electrons. The number of carboxylic acid groups (broad SMARTS) is 1. The number of aromatic nitrogens is 1. The molecule has 14 nitrogen and oxygen atoms in total. The quantitative estimate of drug-likeness (QED) is 0.0422. The largest absolute Gasteiger partial charge is 0.491 e. The molecule has 0 aliphatic rings. The molecule has 2 amide bonds. The Morgan fingerprint density at radius 2 is 1.36 bits per heavy atom. The molecule has 14 heteroatoms. The number of hydrogen-bond donors (Lipinski definition) is 4. The summed E-state index contributed by atoms with van der Waals surface area (Å²) in [5, 5.41) is 20.1. The van der Waals surface area contributed by atoms with Gasteiger partial charge in [-0.25, -0.2) is 0 Å². The zero-order valence-electron chi connectivity index (χ0n) is 35.0. The molecule has 0 aliphatic carbocycles. The lowest BCUT2D eigenvalue weighted by Gasteiger charge is -2.19. The van der Waals surface area contributed by atoms with E-state index in [1.165, 1.54) is 0 Å². The molecule has 0 saturated heterocycles. The van der Waals surface area contributed by atoms with Crippen molar-refractivity contribution in [1.29, 1.82) is 0 Å². The molecule has 0 spiro atoms. The third kappa shape index (κ3) is 18.5. The van der Waals surface area contributed by atoms with Crippen molar-refractivity contribution in [2.45, 2.75) is 58.9 Å². The molecule has 1 heterocycles. The van der Waals surface area contributed by atoms with E-state index in [-0.39, 0.29) is 25.3 Å². The lowest BCUT2D eigenvalue weighted by atomic mass is 9.95. The molecule has 4 rings (SSSR count). The third-order valence-corrected chi connectivity index (χ3v) is 8.69. The molecule has 1 aromatic heterocycles. The normalized spacial score (nSPS) is 11.3. The summed E-state index contributed by atoms with van der Waals surface area (Å²) in [7, 11) is 1.55. The van der Waals surface area contributed by atoms with Crippen LogP contribution in [-0.4, -0.2) is 108 Å². The van der Waals surface area contributed by atoms with E-state index in [0.29, 0.717) is 83.1 Å². The summed E-state index contributed by atoms with van der Waals surface area (Å²) in [6, 6.07) is 24.0. The fraction of sp³-hybridized carbons (Fsp3) is 0.467. The fourth-order valence-electron chi connectivity index (χ4n) is 5.85. The van der Waals surface area contributed by atoms with Crippen molar-refractivity contribution in [1.82, 2.24) is 15.6 Å². The average Bonchev–Trinajstić information content (AvgIpc) is 3.26. The molecule has 0 bridgehead atoms. The Morgan fingerprint density at radius 3 is 2.00 bits per heavy atom. The Hall–Kier alpha value is -5.28. The Bertz CT molecular complexity index is 1810. The average molecular weight is 819 g/mol. The van der Waals surface area contributed by atoms with Crippen LogP contribution in [0.25, 0.3) is 21.9 Å². The van der Waals surface area contributed by atoms with Gasteiger partial charge < -0.3 is 49.5 Å². The number of pyridine rings is 1. The van der Waals surface area contributed by atoms with E-state index in [4.69, 9.17) is 28.4 Å². The van der Waals surface area contributed by atoms with Crippen LogP contribution in [0.1, 0.15) is 64.5 Å². The zero-order chi connectivity index (χ0) is 42.5. The first-order valence-corrected chi connectivity index (χ1v) is 20.5. The number of fused-ring (bicyclic) bond motifs is 1. The molecular weight excluding hydrogens is 757 g/mol. The van der Waals surface area contributed by atoms with Gasteiger partial charge in [-0.05, 0) is 53.5 Å². The van der Waals surface area contributed by atoms with E-state index in [0.717, 1.165) is 47.1 Å². The second kappa shape index (κ2) is 29.0. The topological polar surface area (TPSA) is 176 Å². The van der Waals surface area contributed by atoms with Crippen molar-refractivity contribution in [2.75, 3.05) is 85.0 Å². The molecule has 4 aromatic rings. The molecule has 4 N–H and O–H groups in total. The van der Waals surface area contributed by atoms with E-state index < -0.39 is 17.9 Å². The third-order valence-electron chi connectivity index (χ3n) is 8.69. The first-order chi connectivity index (χ1) is 28.9. The lowest BCUT2D eigenvalue weighted by molar-refractivity contribution is -0.138. The zero-order valence-corrected chi connectivity index (χ0v) is 35.0. The maximum Gasteiger partial charge on any atom is 0.305 e. The number of unbranched alkanes of at least 4 members (excludes halogenated alkanes) is 1. The molecule has 1 atom stereocenters. The van der Waals surface area contributed by atoms with Gasteiger partial charge in [0.2, 0.25) is 17.7 Å². The molecule has 3 aromatic carbocycles. The number of methoxy groups -OCH3 is 1. The van der Waals surface area contributed by atoms with Crippen molar-refractivity contribution < 1.29 is 47.9 Å². The predicted molar refractivity (Wildman–Crippen MR) is 229 cm³/mol. The molecule has 0 fully saturated rings. The van der Waals surface area contributed by atoms with Crippen LogP contribution in [0.2, 0.25) is 0 Å². The highest BCUT2D eigenvalue weighted by Crippen LogP contribution is 2.35. The predicted octanol–water partition coefficient (Wildman–Crippen LogP) is 6.82. The van der Waals surface area contributed by atoms with Crippen LogP contribution in [0.5, 0.6) is 11.6 Å². The highest BCUT2D eigenvalue weighted by Gasteiger charge is 2.19. The van der Waals surface area contributed by atoms with Crippen LogP contribution < -0.4 is 25.4 Å². The summed E-state index contributed by atoms with van der Waals surface area (Å²) in [6.45, 7) is 11.1. The lowest BCUT2D eigenvalue weighted by Crippen LogP contribution is -2.39. The highest BCUT2D eigenvalue weighted by atomic mass is 16.6. The highest BCUT2D eigenvalue weighted by molar-refractivity contribution is 6.00. The van der Waals surface area contributed by atoms with E-state index in [1.54, 1.807) is 13.2 Å². The van der Waals surface area contributed by atoms with E-state index >= 15 is 0 Å². The Kier molecular flexibility index (Phi) is 23.6. The number of carbonyl (C=O) groups excluding carboxylic acids is 2. The number of amides is 2. The second-order valence-corrected chi connectivity index (χ2v) is 13.0. The van der Waals surface area contributed by atoms with Gasteiger partial charge in [0.25, 0.3) is 0 Å². The van der Waals surface area contributed by atoms with E-state index in [2.05, 4.69) is 27.9 Å². The van der Waals surface area contributed by atoms with Gasteiger partial charge in [-0.1, -0.05) is 81.4 Å². The summed E-state index contributed by atoms with van der Waals surface area (Å²) >= 11 is 0. The van der Waals surface area contributed by atoms with E-state index in [1.807, 2.05) is 86.6 Å². The Morgan fingerprint density at radius 1 is 0.712 bits per heavy atom. The first-order valence-electron chi connectivity index (χ1n) is 20.5. The van der Waals surface area contributed by atoms with Crippen LogP contribution in [0.15, 0.2) is 78.9 Å². The number of ether oxygens (including phenoxy) is 6. The minimum absolute atomic E-state index is 0.250. The van der Waals surface area contributed by atoms with Gasteiger partial charge in [0, 0.05) is 31.0 Å². The van der Waals surface area contributed by atoms with Crippen LogP contribution >= 0.6 is 0 Å². The van der Waals surface area contributed by atoms with Crippen LogP contribution in [-0.2, 0) is 33.3 Å². The Labute approximate surface area is 348 Å². The molecule has 0 saturated carbocycles. The standard InChI is InChI=1S/C43H56N4O10.C2H6/c1-3-21-53-22-23-54-24-25-55-26-27-56-28-29-57-38-19-18-34(35-9-4-5-10-36(35)38)32-14-16-33(17-15-32)37(30-43(50)51)46-41(49)31-45-40(48)12-6-7-20-44-39-11-8-13-42(47-39)52-2;1-2/h4-5,8-11,13-19,37H,3,6-7,12,20-31H2,1-2H3,(H,44,47)(H,45,48)(H,46,49)(H,50,51);1-2H3. The number of hydrogen-bond acceptors (Lipinski definition) is 11. The van der Waals surface area contributed by atoms with Gasteiger partial charge in [-0.3, -0.25) is 14.4 Å². The number of nitrogens with zero attached hydrogens (tertiary/aromatic N) is 1. The number of rotatable bonds is 29. The van der Waals surface area contributed by atoms with Crippen LogP contribution in [0.3, 0.4) is 0 Å². The minimum Gasteiger partial charge on any atom is -0.491 e. The van der Waals surface area contributed by atoms with Gasteiger partial charge in [0.1, 0.15) is 18.2 Å². The van der Waals surface area contributed by atoms with Crippen molar-refractivity contribution in [3.63, 3.8) is 0 Å². The van der Waals surface area contributed by atoms with Gasteiger partial charge in [0.05, 0.1) is 72.4 Å².